The van der Waals surface area contributed by atoms with E-state index in [1.54, 1.807) is 31.3 Å². The molecule has 7 nitrogen and oxygen atoms in total. The maximum absolute atomic E-state index is 12.4. The van der Waals surface area contributed by atoms with Crippen LogP contribution in [0.5, 0.6) is 11.5 Å². The lowest BCUT2D eigenvalue weighted by atomic mass is 9.95. The van der Waals surface area contributed by atoms with Crippen LogP contribution in [0.25, 0.3) is 0 Å². The molecule has 2 N–H and O–H groups in total. The summed E-state index contributed by atoms with van der Waals surface area (Å²) in [5.74, 6) is 1.25. The van der Waals surface area contributed by atoms with Crippen molar-refractivity contribution >= 4 is 6.03 Å². The fourth-order valence-electron chi connectivity index (χ4n) is 3.35. The number of aliphatic hydroxyl groups is 1. The number of fused-ring (bicyclic) bond motifs is 1. The van der Waals surface area contributed by atoms with Gasteiger partial charge in [-0.1, -0.05) is 0 Å². The Hall–Kier alpha value is -1.99. The molecule has 1 saturated heterocycles. The van der Waals surface area contributed by atoms with E-state index in [4.69, 9.17) is 14.2 Å². The molecule has 0 radical (unpaired) electrons. The summed E-state index contributed by atoms with van der Waals surface area (Å²) in [5, 5.41) is 13.4. The lowest BCUT2D eigenvalue weighted by Crippen LogP contribution is -2.46. The lowest BCUT2D eigenvalue weighted by molar-refractivity contribution is 0.0917. The van der Waals surface area contributed by atoms with E-state index in [-0.39, 0.29) is 18.7 Å². The summed E-state index contributed by atoms with van der Waals surface area (Å²) < 4.78 is 16.2. The molecule has 2 aliphatic heterocycles. The van der Waals surface area contributed by atoms with Gasteiger partial charge in [-0.15, -0.1) is 0 Å². The molecule has 0 saturated carbocycles. The fourth-order valence-corrected chi connectivity index (χ4v) is 3.35. The van der Waals surface area contributed by atoms with Crippen molar-refractivity contribution in [3.05, 3.63) is 23.3 Å². The molecular weight excluding hydrogens is 312 g/mol. The number of amides is 2. The van der Waals surface area contributed by atoms with Crippen LogP contribution in [0.2, 0.25) is 0 Å². The van der Waals surface area contributed by atoms with Crippen LogP contribution in [-0.4, -0.2) is 56.1 Å². The largest absolute Gasteiger partial charge is 0.496 e. The van der Waals surface area contributed by atoms with Crippen LogP contribution in [0.1, 0.15) is 30.1 Å². The molecule has 1 aromatic rings. The molecule has 0 spiro atoms. The molecule has 3 rings (SSSR count). The third-order valence-electron chi connectivity index (χ3n) is 4.58. The molecule has 1 aromatic carbocycles. The van der Waals surface area contributed by atoms with E-state index in [1.807, 2.05) is 0 Å². The minimum absolute atomic E-state index is 0.0885. The molecule has 24 heavy (non-hydrogen) atoms. The molecule has 1 fully saturated rings. The van der Waals surface area contributed by atoms with Gasteiger partial charge in [0.25, 0.3) is 0 Å². The number of hydrogen-bond acceptors (Lipinski definition) is 5. The third kappa shape index (κ3) is 3.27. The van der Waals surface area contributed by atoms with Gasteiger partial charge < -0.3 is 29.5 Å². The highest BCUT2D eigenvalue weighted by atomic mass is 16.5. The minimum atomic E-state index is -0.813. The maximum Gasteiger partial charge on any atom is 0.317 e. The van der Waals surface area contributed by atoms with Crippen LogP contribution >= 0.6 is 0 Å². The number of aliphatic hydroxyl groups excluding tert-OH is 1. The molecule has 2 heterocycles. The SMILES string of the molecule is COc1ccc(OC)c2c1CN(C(=O)NC[C@@H]1CCCO1)C[C@@H]2O. The highest BCUT2D eigenvalue weighted by Crippen LogP contribution is 2.39. The van der Waals surface area contributed by atoms with Gasteiger partial charge >= 0.3 is 6.03 Å². The Morgan fingerprint density at radius 1 is 1.38 bits per heavy atom. The molecule has 7 heteroatoms. The second-order valence-electron chi connectivity index (χ2n) is 6.08. The van der Waals surface area contributed by atoms with Gasteiger partial charge in [-0.2, -0.15) is 0 Å². The molecule has 2 amide bonds. The number of benzene rings is 1. The normalized spacial score (nSPS) is 22.9. The first kappa shape index (κ1) is 16.9. The lowest BCUT2D eigenvalue weighted by Gasteiger charge is -2.34. The van der Waals surface area contributed by atoms with Gasteiger partial charge in [0, 0.05) is 24.3 Å². The molecule has 132 valence electrons. The van der Waals surface area contributed by atoms with Crippen molar-refractivity contribution in [2.24, 2.45) is 0 Å². The summed E-state index contributed by atoms with van der Waals surface area (Å²) >= 11 is 0. The molecule has 2 aliphatic rings. The highest BCUT2D eigenvalue weighted by molar-refractivity contribution is 5.75. The van der Waals surface area contributed by atoms with Gasteiger partial charge in [-0.05, 0) is 25.0 Å². The van der Waals surface area contributed by atoms with E-state index < -0.39 is 6.10 Å². The minimum Gasteiger partial charge on any atom is -0.496 e. The topological polar surface area (TPSA) is 80.3 Å². The first-order valence-electron chi connectivity index (χ1n) is 8.20. The standard InChI is InChI=1S/C17H24N2O5/c1-22-14-5-6-15(23-2)16-12(14)9-19(10-13(16)20)17(21)18-8-11-4-3-7-24-11/h5-6,11,13,20H,3-4,7-10H2,1-2H3,(H,18,21)/t11-,13-/m0/s1. The first-order chi connectivity index (χ1) is 11.6. The van der Waals surface area contributed by atoms with Crippen molar-refractivity contribution < 1.29 is 24.1 Å². The van der Waals surface area contributed by atoms with Gasteiger partial charge in [-0.3, -0.25) is 0 Å². The number of methoxy groups -OCH3 is 2. The number of nitrogens with one attached hydrogen (secondary N) is 1. The van der Waals surface area contributed by atoms with E-state index in [0.29, 0.717) is 30.2 Å². The summed E-state index contributed by atoms with van der Waals surface area (Å²) in [7, 11) is 3.14. The zero-order valence-electron chi connectivity index (χ0n) is 14.1. The monoisotopic (exact) mass is 336 g/mol. The van der Waals surface area contributed by atoms with Crippen LogP contribution in [0.4, 0.5) is 4.79 Å². The summed E-state index contributed by atoms with van der Waals surface area (Å²) in [4.78, 5) is 14.0. The summed E-state index contributed by atoms with van der Waals surface area (Å²) in [6.45, 7) is 1.83. The van der Waals surface area contributed by atoms with Crippen molar-refractivity contribution in [2.45, 2.75) is 31.6 Å². The first-order valence-corrected chi connectivity index (χ1v) is 8.20. The smallest absolute Gasteiger partial charge is 0.317 e. The second-order valence-corrected chi connectivity index (χ2v) is 6.08. The van der Waals surface area contributed by atoms with Crippen molar-refractivity contribution in [3.63, 3.8) is 0 Å². The number of urea groups is 1. The number of carbonyl (C=O) groups is 1. The van der Waals surface area contributed by atoms with Crippen molar-refractivity contribution in [2.75, 3.05) is 33.9 Å². The molecule has 0 bridgehead atoms. The quantitative estimate of drug-likeness (QED) is 0.870. The van der Waals surface area contributed by atoms with Gasteiger partial charge in [0.05, 0.1) is 33.4 Å². The number of ether oxygens (including phenoxy) is 3. The molecular formula is C17H24N2O5. The van der Waals surface area contributed by atoms with Crippen molar-refractivity contribution in [3.8, 4) is 11.5 Å². The third-order valence-corrected chi connectivity index (χ3v) is 4.58. The van der Waals surface area contributed by atoms with E-state index in [2.05, 4.69) is 5.32 Å². The Morgan fingerprint density at radius 3 is 2.79 bits per heavy atom. The highest BCUT2D eigenvalue weighted by Gasteiger charge is 2.32. The number of carbonyl (C=O) groups excluding carboxylic acids is 1. The molecule has 0 aliphatic carbocycles. The Morgan fingerprint density at radius 2 is 2.12 bits per heavy atom. The van der Waals surface area contributed by atoms with Gasteiger partial charge in [0.1, 0.15) is 17.6 Å². The van der Waals surface area contributed by atoms with Crippen LogP contribution in [0, 0.1) is 0 Å². The zero-order valence-corrected chi connectivity index (χ0v) is 14.1. The summed E-state index contributed by atoms with van der Waals surface area (Å²) in [6.07, 6.45) is 1.28. The van der Waals surface area contributed by atoms with Crippen LogP contribution < -0.4 is 14.8 Å². The molecule has 0 unspecified atom stereocenters. The van der Waals surface area contributed by atoms with Crippen LogP contribution in [-0.2, 0) is 11.3 Å². The predicted molar refractivity (Wildman–Crippen MR) is 87.3 cm³/mol. The van der Waals surface area contributed by atoms with Crippen LogP contribution in [0.3, 0.4) is 0 Å². The van der Waals surface area contributed by atoms with E-state index in [1.165, 1.54) is 0 Å². The van der Waals surface area contributed by atoms with E-state index >= 15 is 0 Å². The zero-order chi connectivity index (χ0) is 17.1. The van der Waals surface area contributed by atoms with Crippen molar-refractivity contribution in [1.82, 2.24) is 10.2 Å². The molecule has 2 atom stereocenters. The van der Waals surface area contributed by atoms with Gasteiger partial charge in [0.2, 0.25) is 0 Å². The average Bonchev–Trinajstić information content (AvgIpc) is 3.12. The Balaban J connectivity index is 1.74. The Labute approximate surface area is 141 Å². The summed E-state index contributed by atoms with van der Waals surface area (Å²) in [6, 6.07) is 3.35. The predicted octanol–water partition coefficient (Wildman–Crippen LogP) is 1.44. The maximum atomic E-state index is 12.4. The number of rotatable bonds is 4. The Bertz CT molecular complexity index is 601. The Kier molecular flexibility index (Phi) is 5.11. The number of nitrogens with zero attached hydrogens (tertiary/aromatic N) is 1. The average molecular weight is 336 g/mol. The fraction of sp³-hybridized carbons (Fsp3) is 0.588. The van der Waals surface area contributed by atoms with Crippen molar-refractivity contribution in [1.29, 1.82) is 0 Å². The number of hydrogen-bond donors (Lipinski definition) is 2. The second kappa shape index (κ2) is 7.27. The van der Waals surface area contributed by atoms with Gasteiger partial charge in [0.15, 0.2) is 0 Å². The van der Waals surface area contributed by atoms with Crippen LogP contribution in [0.15, 0.2) is 12.1 Å². The number of β-amino-alcohol motifs (C(OH)–C–C–N with tert-alkyl or cyclic N) is 1. The van der Waals surface area contributed by atoms with E-state index in [0.717, 1.165) is 25.0 Å². The summed E-state index contributed by atoms with van der Waals surface area (Å²) in [5.41, 5.74) is 1.47. The molecule has 0 aromatic heterocycles. The van der Waals surface area contributed by atoms with Gasteiger partial charge in [-0.25, -0.2) is 4.79 Å². The van der Waals surface area contributed by atoms with E-state index in [9.17, 15) is 9.90 Å².